The number of carbonyl (C=O) groups is 1. The van der Waals surface area contributed by atoms with E-state index in [0.29, 0.717) is 17.6 Å². The first-order valence-corrected chi connectivity index (χ1v) is 5.06. The second kappa shape index (κ2) is 2.21. The number of hydrogen-bond acceptors (Lipinski definition) is 1. The Bertz CT molecular complexity index is 254. The largest absolute Gasteiger partial charge is 0.299 e. The Balaban J connectivity index is 2.04. The summed E-state index contributed by atoms with van der Waals surface area (Å²) >= 11 is 0. The summed E-state index contributed by atoms with van der Waals surface area (Å²) in [6, 6.07) is 0. The van der Waals surface area contributed by atoms with E-state index in [-0.39, 0.29) is 0 Å². The highest BCUT2D eigenvalue weighted by atomic mass is 16.1. The lowest BCUT2D eigenvalue weighted by atomic mass is 9.92. The number of carbonyl (C=O) groups excluding carboxylic acids is 1. The Hall–Kier alpha value is -0.590. The fourth-order valence-corrected chi connectivity index (χ4v) is 3.41. The van der Waals surface area contributed by atoms with Gasteiger partial charge in [-0.15, -0.1) is 0 Å². The first-order valence-electron chi connectivity index (χ1n) is 5.06. The summed E-state index contributed by atoms with van der Waals surface area (Å²) in [6.45, 7) is 0. The van der Waals surface area contributed by atoms with Crippen LogP contribution < -0.4 is 0 Å². The van der Waals surface area contributed by atoms with Gasteiger partial charge < -0.3 is 0 Å². The monoisotopic (exact) mass is 162 g/mol. The van der Waals surface area contributed by atoms with Gasteiger partial charge in [0.25, 0.3) is 0 Å². The highest BCUT2D eigenvalue weighted by Crippen LogP contribution is 2.50. The lowest BCUT2D eigenvalue weighted by Gasteiger charge is -2.12. The average Bonchev–Trinajstić information content (AvgIpc) is 2.51. The molecule has 0 aliphatic heterocycles. The Kier molecular flexibility index (Phi) is 1.27. The molecule has 2 bridgehead atoms. The molecular formula is C11H14O. The van der Waals surface area contributed by atoms with E-state index in [9.17, 15) is 4.79 Å². The van der Waals surface area contributed by atoms with Crippen LogP contribution in [0.1, 0.15) is 25.7 Å². The third kappa shape index (κ3) is 0.720. The zero-order valence-electron chi connectivity index (χ0n) is 7.20. The minimum atomic E-state index is 0.404. The molecule has 64 valence electrons. The fourth-order valence-electron chi connectivity index (χ4n) is 3.41. The molecule has 3 rings (SSSR count). The molecule has 4 atom stereocenters. The molecule has 1 nitrogen and oxygen atoms in total. The summed E-state index contributed by atoms with van der Waals surface area (Å²) in [5.41, 5.74) is 0. The van der Waals surface area contributed by atoms with Crippen LogP contribution in [0.15, 0.2) is 12.2 Å². The maximum atomic E-state index is 11.8. The van der Waals surface area contributed by atoms with Gasteiger partial charge in [0.05, 0.1) is 0 Å². The van der Waals surface area contributed by atoms with Crippen LogP contribution in [0.25, 0.3) is 0 Å². The molecule has 0 aromatic carbocycles. The summed E-state index contributed by atoms with van der Waals surface area (Å²) in [5, 5.41) is 0. The molecule has 1 heteroatoms. The molecule has 3 aliphatic carbocycles. The van der Waals surface area contributed by atoms with E-state index in [1.54, 1.807) is 0 Å². The highest BCUT2D eigenvalue weighted by molar-refractivity contribution is 5.86. The van der Waals surface area contributed by atoms with Crippen molar-refractivity contribution >= 4 is 5.78 Å². The molecule has 0 N–H and O–H groups in total. The van der Waals surface area contributed by atoms with E-state index in [1.807, 2.05) is 0 Å². The van der Waals surface area contributed by atoms with E-state index in [0.717, 1.165) is 18.3 Å². The molecule has 0 aromatic heterocycles. The molecule has 12 heavy (non-hydrogen) atoms. The van der Waals surface area contributed by atoms with E-state index in [1.165, 1.54) is 19.3 Å². The summed E-state index contributed by atoms with van der Waals surface area (Å²) < 4.78 is 0. The van der Waals surface area contributed by atoms with Gasteiger partial charge in [0.15, 0.2) is 0 Å². The van der Waals surface area contributed by atoms with E-state index in [4.69, 9.17) is 0 Å². The van der Waals surface area contributed by atoms with Crippen molar-refractivity contribution in [1.29, 1.82) is 0 Å². The zero-order chi connectivity index (χ0) is 8.13. The molecule has 0 amide bonds. The van der Waals surface area contributed by atoms with Crippen LogP contribution in [-0.4, -0.2) is 5.78 Å². The minimum absolute atomic E-state index is 0.404. The summed E-state index contributed by atoms with van der Waals surface area (Å²) in [5.74, 6) is 2.95. The van der Waals surface area contributed by atoms with Gasteiger partial charge in [0.2, 0.25) is 0 Å². The first kappa shape index (κ1) is 6.88. The third-order valence-electron chi connectivity index (χ3n) is 4.01. The van der Waals surface area contributed by atoms with Crippen LogP contribution in [0.4, 0.5) is 0 Å². The van der Waals surface area contributed by atoms with E-state index in [2.05, 4.69) is 12.2 Å². The van der Waals surface area contributed by atoms with Crippen molar-refractivity contribution in [2.75, 3.05) is 0 Å². The Labute approximate surface area is 72.8 Å². The minimum Gasteiger partial charge on any atom is -0.299 e. The lowest BCUT2D eigenvalue weighted by molar-refractivity contribution is -0.124. The van der Waals surface area contributed by atoms with Gasteiger partial charge in [0, 0.05) is 11.8 Å². The van der Waals surface area contributed by atoms with Crippen molar-refractivity contribution in [3.63, 3.8) is 0 Å². The van der Waals surface area contributed by atoms with Gasteiger partial charge >= 0.3 is 0 Å². The number of Topliss-reactive ketones (excluding diaryl/α,β-unsaturated/α-hetero) is 1. The first-order chi connectivity index (χ1) is 5.86. The van der Waals surface area contributed by atoms with Gasteiger partial charge in [-0.3, -0.25) is 4.79 Å². The van der Waals surface area contributed by atoms with E-state index >= 15 is 0 Å². The van der Waals surface area contributed by atoms with Crippen molar-refractivity contribution in [2.45, 2.75) is 25.7 Å². The van der Waals surface area contributed by atoms with Crippen LogP contribution in [0.2, 0.25) is 0 Å². The molecule has 0 aromatic rings. The van der Waals surface area contributed by atoms with Crippen LogP contribution in [0, 0.1) is 23.7 Å². The second-order valence-electron chi connectivity index (χ2n) is 4.51. The SMILES string of the molecule is O=C1[C@@H]2CC=C[C@@H]3CC[C@H]1[C@@H]3C2. The van der Waals surface area contributed by atoms with Gasteiger partial charge in [-0.25, -0.2) is 0 Å². The molecule has 2 saturated carbocycles. The predicted molar refractivity (Wildman–Crippen MR) is 46.6 cm³/mol. The summed E-state index contributed by atoms with van der Waals surface area (Å²) in [7, 11) is 0. The normalized spacial score (nSPS) is 49.8. The smallest absolute Gasteiger partial charge is 0.139 e. The van der Waals surface area contributed by atoms with Gasteiger partial charge in [-0.2, -0.15) is 0 Å². The highest BCUT2D eigenvalue weighted by Gasteiger charge is 2.48. The topological polar surface area (TPSA) is 17.1 Å². The number of allylic oxidation sites excluding steroid dienone is 2. The van der Waals surface area contributed by atoms with Crippen LogP contribution >= 0.6 is 0 Å². The summed E-state index contributed by atoms with van der Waals surface area (Å²) in [6.07, 6.45) is 9.29. The average molecular weight is 162 g/mol. The van der Waals surface area contributed by atoms with Gasteiger partial charge in [0.1, 0.15) is 5.78 Å². The van der Waals surface area contributed by atoms with E-state index < -0.39 is 0 Å². The molecular weight excluding hydrogens is 148 g/mol. The van der Waals surface area contributed by atoms with Gasteiger partial charge in [-0.1, -0.05) is 12.2 Å². The molecule has 3 aliphatic rings. The standard InChI is InChI=1S/C11H14O/c12-11-8-3-1-2-7-4-5-9(11)10(7)6-8/h1-2,7-10H,3-6H2/t7-,8-,9+,10-/m1/s1. The molecule has 0 saturated heterocycles. The van der Waals surface area contributed by atoms with Crippen molar-refractivity contribution in [3.8, 4) is 0 Å². The zero-order valence-corrected chi connectivity index (χ0v) is 7.20. The third-order valence-corrected chi connectivity index (χ3v) is 4.01. The van der Waals surface area contributed by atoms with Crippen molar-refractivity contribution in [3.05, 3.63) is 12.2 Å². The van der Waals surface area contributed by atoms with Crippen LogP contribution in [-0.2, 0) is 4.79 Å². The fraction of sp³-hybridized carbons (Fsp3) is 0.727. The predicted octanol–water partition coefficient (Wildman–Crippen LogP) is 2.18. The molecule has 2 fully saturated rings. The second-order valence-corrected chi connectivity index (χ2v) is 4.51. The molecule has 0 spiro atoms. The maximum absolute atomic E-state index is 11.8. The molecule has 0 unspecified atom stereocenters. The molecule has 0 heterocycles. The number of fused-ring (bicyclic) bond motifs is 1. The van der Waals surface area contributed by atoms with Crippen molar-refractivity contribution in [1.82, 2.24) is 0 Å². The van der Waals surface area contributed by atoms with Gasteiger partial charge in [-0.05, 0) is 37.5 Å². The number of ketones is 1. The number of hydrogen-bond donors (Lipinski definition) is 0. The number of rotatable bonds is 0. The van der Waals surface area contributed by atoms with Crippen LogP contribution in [0.5, 0.6) is 0 Å². The lowest BCUT2D eigenvalue weighted by Crippen LogP contribution is -2.14. The van der Waals surface area contributed by atoms with Crippen molar-refractivity contribution in [2.24, 2.45) is 23.7 Å². The Morgan fingerprint density at radius 3 is 3.17 bits per heavy atom. The quantitative estimate of drug-likeness (QED) is 0.499. The molecule has 0 radical (unpaired) electrons. The maximum Gasteiger partial charge on any atom is 0.139 e. The Morgan fingerprint density at radius 1 is 1.33 bits per heavy atom. The van der Waals surface area contributed by atoms with Crippen molar-refractivity contribution < 1.29 is 4.79 Å². The Morgan fingerprint density at radius 2 is 2.25 bits per heavy atom. The van der Waals surface area contributed by atoms with Crippen LogP contribution in [0.3, 0.4) is 0 Å². The summed E-state index contributed by atoms with van der Waals surface area (Å²) in [4.78, 5) is 11.8.